The Morgan fingerprint density at radius 2 is 2.00 bits per heavy atom. The molecular weight excluding hydrogens is 226 g/mol. The number of hydrogen-bond acceptors (Lipinski definition) is 2. The number of amides is 1. The summed E-state index contributed by atoms with van der Waals surface area (Å²) in [6, 6.07) is 0. The summed E-state index contributed by atoms with van der Waals surface area (Å²) in [6.07, 6.45) is 12.0. The summed E-state index contributed by atoms with van der Waals surface area (Å²) in [4.78, 5) is 22.8. The smallest absolute Gasteiger partial charge is 0.247 e. The van der Waals surface area contributed by atoms with E-state index < -0.39 is 0 Å². The lowest BCUT2D eigenvalue weighted by molar-refractivity contribution is -0.120. The minimum absolute atomic E-state index is 0.0176. The predicted octanol–water partition coefficient (Wildman–Crippen LogP) is 2.30. The molecule has 0 unspecified atom stereocenters. The minimum atomic E-state index is -0.0176. The van der Waals surface area contributed by atoms with E-state index in [-0.39, 0.29) is 5.91 Å². The molecule has 0 aromatic carbocycles. The molecule has 0 aromatic rings. The molecule has 0 aliphatic heterocycles. The predicted molar refractivity (Wildman–Crippen MR) is 71.0 cm³/mol. The molecular formula is C15H19NO2. The summed E-state index contributed by atoms with van der Waals surface area (Å²) in [5.41, 5.74) is 2.04. The van der Waals surface area contributed by atoms with Crippen molar-refractivity contribution in [2.75, 3.05) is 7.05 Å². The number of hydrogen-bond donors (Lipinski definition) is 1. The Balaban J connectivity index is 2.09. The van der Waals surface area contributed by atoms with Crippen LogP contribution in [0.15, 0.2) is 35.5 Å². The number of Topliss-reactive ketones (excluding diaryl/α,β-unsaturated/α-hetero) is 1. The van der Waals surface area contributed by atoms with Crippen LogP contribution in [0.3, 0.4) is 0 Å². The molecule has 0 bridgehead atoms. The van der Waals surface area contributed by atoms with Crippen LogP contribution in [0.5, 0.6) is 0 Å². The van der Waals surface area contributed by atoms with Crippen molar-refractivity contribution >= 4 is 11.7 Å². The van der Waals surface area contributed by atoms with Gasteiger partial charge < -0.3 is 5.32 Å². The number of carbonyl (C=O) groups excluding carboxylic acids is 2. The molecule has 3 nitrogen and oxygen atoms in total. The maximum atomic E-state index is 11.6. The Kier molecular flexibility index (Phi) is 4.13. The van der Waals surface area contributed by atoms with Gasteiger partial charge in [0.05, 0.1) is 0 Å². The first-order valence-corrected chi connectivity index (χ1v) is 6.52. The zero-order valence-electron chi connectivity index (χ0n) is 10.7. The molecule has 0 atom stereocenters. The van der Waals surface area contributed by atoms with E-state index in [9.17, 15) is 9.59 Å². The highest BCUT2D eigenvalue weighted by atomic mass is 16.1. The first-order valence-electron chi connectivity index (χ1n) is 6.52. The molecule has 2 aliphatic rings. The van der Waals surface area contributed by atoms with Crippen molar-refractivity contribution in [3.05, 3.63) is 35.5 Å². The fourth-order valence-corrected chi connectivity index (χ4v) is 2.52. The van der Waals surface area contributed by atoms with Gasteiger partial charge in [-0.25, -0.2) is 0 Å². The highest BCUT2D eigenvalue weighted by Gasteiger charge is 2.21. The summed E-state index contributed by atoms with van der Waals surface area (Å²) >= 11 is 0. The van der Waals surface area contributed by atoms with E-state index >= 15 is 0 Å². The van der Waals surface area contributed by atoms with Crippen LogP contribution in [0.1, 0.15) is 32.1 Å². The van der Waals surface area contributed by atoms with Gasteiger partial charge in [0.2, 0.25) is 5.91 Å². The van der Waals surface area contributed by atoms with Crippen molar-refractivity contribution in [3.63, 3.8) is 0 Å². The van der Waals surface area contributed by atoms with Crippen LogP contribution in [-0.2, 0) is 9.59 Å². The molecule has 1 N–H and O–H groups in total. The molecule has 96 valence electrons. The van der Waals surface area contributed by atoms with Gasteiger partial charge in [-0.3, -0.25) is 9.59 Å². The third kappa shape index (κ3) is 2.97. The van der Waals surface area contributed by atoms with Gasteiger partial charge in [-0.15, -0.1) is 0 Å². The molecule has 2 aliphatic carbocycles. The van der Waals surface area contributed by atoms with Gasteiger partial charge >= 0.3 is 0 Å². The fourth-order valence-electron chi connectivity index (χ4n) is 2.52. The zero-order valence-corrected chi connectivity index (χ0v) is 10.7. The van der Waals surface area contributed by atoms with E-state index in [1.54, 1.807) is 7.05 Å². The Morgan fingerprint density at radius 1 is 1.28 bits per heavy atom. The Morgan fingerprint density at radius 3 is 2.67 bits per heavy atom. The number of likely N-dealkylation sites (N-methyl/N-ethyl adjacent to an activating group) is 1. The van der Waals surface area contributed by atoms with Crippen molar-refractivity contribution in [2.24, 2.45) is 5.92 Å². The van der Waals surface area contributed by atoms with Crippen molar-refractivity contribution in [1.82, 2.24) is 5.32 Å². The lowest BCUT2D eigenvalue weighted by Crippen LogP contribution is -2.19. The Hall–Kier alpha value is -1.64. The van der Waals surface area contributed by atoms with Crippen LogP contribution in [0.25, 0.3) is 0 Å². The summed E-state index contributed by atoms with van der Waals surface area (Å²) in [6.45, 7) is 0. The van der Waals surface area contributed by atoms with Gasteiger partial charge in [-0.05, 0) is 30.8 Å². The van der Waals surface area contributed by atoms with Crippen molar-refractivity contribution in [1.29, 1.82) is 0 Å². The van der Waals surface area contributed by atoms with Gasteiger partial charge in [0, 0.05) is 25.5 Å². The number of ketones is 1. The van der Waals surface area contributed by atoms with Crippen molar-refractivity contribution in [3.8, 4) is 0 Å². The Labute approximate surface area is 108 Å². The Bertz CT molecular complexity index is 433. The molecule has 2 rings (SSSR count). The standard InChI is InChI=1S/C15H19NO2/c1-16-15(18)13-4-2-3-11(5-6-13)12-7-9-14(17)10-8-12/h2-3,5-6,12H,4,7-10H2,1H3,(H,16,18). The fraction of sp³-hybridized carbons (Fsp3) is 0.467. The van der Waals surface area contributed by atoms with Gasteiger partial charge in [0.25, 0.3) is 0 Å². The van der Waals surface area contributed by atoms with Gasteiger partial charge in [0.1, 0.15) is 5.78 Å². The minimum Gasteiger partial charge on any atom is -0.355 e. The third-order valence-electron chi connectivity index (χ3n) is 3.66. The van der Waals surface area contributed by atoms with Gasteiger partial charge in [0.15, 0.2) is 0 Å². The van der Waals surface area contributed by atoms with Crippen LogP contribution in [0.4, 0.5) is 0 Å². The molecule has 0 spiro atoms. The maximum Gasteiger partial charge on any atom is 0.247 e. The highest BCUT2D eigenvalue weighted by Crippen LogP contribution is 2.30. The average molecular weight is 245 g/mol. The quantitative estimate of drug-likeness (QED) is 0.811. The second kappa shape index (κ2) is 5.80. The van der Waals surface area contributed by atoms with E-state index in [2.05, 4.69) is 11.4 Å². The van der Waals surface area contributed by atoms with E-state index in [0.29, 0.717) is 31.0 Å². The summed E-state index contributed by atoms with van der Waals surface area (Å²) in [5.74, 6) is 0.834. The number of allylic oxidation sites excluding steroid dienone is 5. The average Bonchev–Trinajstić information content (AvgIpc) is 2.64. The molecule has 1 saturated carbocycles. The van der Waals surface area contributed by atoms with Gasteiger partial charge in [-0.2, -0.15) is 0 Å². The molecule has 1 fully saturated rings. The lowest BCUT2D eigenvalue weighted by atomic mass is 9.83. The zero-order chi connectivity index (χ0) is 13.0. The summed E-state index contributed by atoms with van der Waals surface area (Å²) in [5, 5.41) is 2.65. The van der Waals surface area contributed by atoms with Crippen molar-refractivity contribution < 1.29 is 9.59 Å². The molecule has 0 heterocycles. The van der Waals surface area contributed by atoms with Crippen LogP contribution >= 0.6 is 0 Å². The topological polar surface area (TPSA) is 46.2 Å². The highest BCUT2D eigenvalue weighted by molar-refractivity contribution is 5.93. The largest absolute Gasteiger partial charge is 0.355 e. The van der Waals surface area contributed by atoms with Crippen LogP contribution in [0.2, 0.25) is 0 Å². The SMILES string of the molecule is CNC(=O)C1=CC=C(C2CCC(=O)CC2)C=CC1. The van der Waals surface area contributed by atoms with E-state index in [1.165, 1.54) is 5.57 Å². The molecule has 0 aromatic heterocycles. The summed E-state index contributed by atoms with van der Waals surface area (Å²) < 4.78 is 0. The number of nitrogens with one attached hydrogen (secondary N) is 1. The first-order chi connectivity index (χ1) is 8.70. The van der Waals surface area contributed by atoms with Gasteiger partial charge in [-0.1, -0.05) is 24.3 Å². The maximum absolute atomic E-state index is 11.6. The molecule has 18 heavy (non-hydrogen) atoms. The number of rotatable bonds is 2. The molecule has 0 radical (unpaired) electrons. The van der Waals surface area contributed by atoms with E-state index in [4.69, 9.17) is 0 Å². The first kappa shape index (κ1) is 12.8. The second-order valence-electron chi connectivity index (χ2n) is 4.86. The third-order valence-corrected chi connectivity index (χ3v) is 3.66. The lowest BCUT2D eigenvalue weighted by Gasteiger charge is -2.21. The molecule has 1 amide bonds. The van der Waals surface area contributed by atoms with Crippen molar-refractivity contribution in [2.45, 2.75) is 32.1 Å². The van der Waals surface area contributed by atoms with Crippen LogP contribution in [-0.4, -0.2) is 18.7 Å². The van der Waals surface area contributed by atoms with Crippen LogP contribution < -0.4 is 5.32 Å². The number of carbonyl (C=O) groups is 2. The second-order valence-corrected chi connectivity index (χ2v) is 4.86. The van der Waals surface area contributed by atoms with Crippen LogP contribution in [0, 0.1) is 5.92 Å². The monoisotopic (exact) mass is 245 g/mol. The molecule has 0 saturated heterocycles. The summed E-state index contributed by atoms with van der Waals surface area (Å²) in [7, 11) is 1.65. The van der Waals surface area contributed by atoms with E-state index in [1.807, 2.05) is 18.2 Å². The van der Waals surface area contributed by atoms with E-state index in [0.717, 1.165) is 18.4 Å². The normalized spacial score (nSPS) is 21.1. The molecule has 3 heteroatoms.